The van der Waals surface area contributed by atoms with E-state index in [-0.39, 0.29) is 6.04 Å². The van der Waals surface area contributed by atoms with Crippen molar-refractivity contribution in [2.45, 2.75) is 32.2 Å². The van der Waals surface area contributed by atoms with E-state index in [1.807, 2.05) is 19.1 Å². The number of aromatic nitrogens is 3. The summed E-state index contributed by atoms with van der Waals surface area (Å²) >= 11 is 0. The summed E-state index contributed by atoms with van der Waals surface area (Å²) in [5, 5.41) is 4.01. The molecule has 1 fully saturated rings. The zero-order chi connectivity index (χ0) is 14.7. The Morgan fingerprint density at radius 1 is 1.29 bits per heavy atom. The van der Waals surface area contributed by atoms with Gasteiger partial charge in [-0.25, -0.2) is 0 Å². The van der Waals surface area contributed by atoms with Crippen LogP contribution in [-0.2, 0) is 0 Å². The molecule has 0 saturated carbocycles. The summed E-state index contributed by atoms with van der Waals surface area (Å²) in [6, 6.07) is 3.64. The van der Waals surface area contributed by atoms with E-state index in [0.29, 0.717) is 11.7 Å². The molecule has 0 bridgehead atoms. The van der Waals surface area contributed by atoms with Crippen molar-refractivity contribution < 1.29 is 4.52 Å². The van der Waals surface area contributed by atoms with Crippen molar-refractivity contribution in [3.8, 4) is 11.5 Å². The Labute approximate surface area is 124 Å². The highest BCUT2D eigenvalue weighted by molar-refractivity contribution is 5.50. The molecule has 3 rings (SSSR count). The molecule has 2 N–H and O–H groups in total. The van der Waals surface area contributed by atoms with E-state index in [1.54, 1.807) is 6.20 Å². The lowest BCUT2D eigenvalue weighted by Crippen LogP contribution is -2.36. The van der Waals surface area contributed by atoms with Crippen molar-refractivity contribution in [2.24, 2.45) is 5.73 Å². The second-order valence-electron chi connectivity index (χ2n) is 5.61. The minimum atomic E-state index is -0.209. The number of pyridine rings is 1. The first-order chi connectivity index (χ1) is 10.2. The van der Waals surface area contributed by atoms with Gasteiger partial charge in [0.15, 0.2) is 5.82 Å². The fourth-order valence-electron chi connectivity index (χ4n) is 2.60. The molecule has 1 aliphatic rings. The van der Waals surface area contributed by atoms with Gasteiger partial charge in [0.25, 0.3) is 5.89 Å². The Balaban J connectivity index is 1.67. The van der Waals surface area contributed by atoms with Crippen molar-refractivity contribution in [1.82, 2.24) is 20.0 Å². The summed E-state index contributed by atoms with van der Waals surface area (Å²) in [5.41, 5.74) is 7.98. The maximum absolute atomic E-state index is 6.20. The molecule has 6 heteroatoms. The number of piperidine rings is 1. The lowest BCUT2D eigenvalue weighted by molar-refractivity contribution is 0.213. The van der Waals surface area contributed by atoms with Gasteiger partial charge in [0, 0.05) is 18.4 Å². The minimum Gasteiger partial charge on any atom is -0.334 e. The first-order valence-corrected chi connectivity index (χ1v) is 7.47. The van der Waals surface area contributed by atoms with Crippen LogP contribution in [0.4, 0.5) is 0 Å². The largest absolute Gasteiger partial charge is 0.334 e. The SMILES string of the molecule is Cc1ccc(-c2nc(C(N)CN3CCCCC3)no2)cn1. The average Bonchev–Trinajstić information content (AvgIpc) is 2.99. The van der Waals surface area contributed by atoms with E-state index >= 15 is 0 Å². The predicted molar refractivity (Wildman–Crippen MR) is 79.5 cm³/mol. The maximum Gasteiger partial charge on any atom is 0.259 e. The molecule has 112 valence electrons. The third-order valence-electron chi connectivity index (χ3n) is 3.84. The zero-order valence-electron chi connectivity index (χ0n) is 12.3. The van der Waals surface area contributed by atoms with E-state index < -0.39 is 0 Å². The smallest absolute Gasteiger partial charge is 0.259 e. The highest BCUT2D eigenvalue weighted by atomic mass is 16.5. The number of hydrogen-bond donors (Lipinski definition) is 1. The van der Waals surface area contributed by atoms with Crippen LogP contribution >= 0.6 is 0 Å². The van der Waals surface area contributed by atoms with Crippen LogP contribution in [0, 0.1) is 6.92 Å². The van der Waals surface area contributed by atoms with Crippen LogP contribution in [0.25, 0.3) is 11.5 Å². The Hall–Kier alpha value is -1.79. The van der Waals surface area contributed by atoms with Crippen LogP contribution in [0.15, 0.2) is 22.9 Å². The van der Waals surface area contributed by atoms with Gasteiger partial charge in [-0.15, -0.1) is 0 Å². The molecule has 1 atom stereocenters. The molecule has 2 aromatic heterocycles. The van der Waals surface area contributed by atoms with Crippen LogP contribution in [0.1, 0.15) is 36.8 Å². The molecule has 21 heavy (non-hydrogen) atoms. The summed E-state index contributed by atoms with van der Waals surface area (Å²) in [7, 11) is 0. The van der Waals surface area contributed by atoms with Gasteiger partial charge in [-0.3, -0.25) is 4.98 Å². The average molecular weight is 287 g/mol. The van der Waals surface area contributed by atoms with Crippen molar-refractivity contribution in [2.75, 3.05) is 19.6 Å². The molecule has 3 heterocycles. The van der Waals surface area contributed by atoms with Crippen molar-refractivity contribution in [3.05, 3.63) is 29.8 Å². The van der Waals surface area contributed by atoms with Gasteiger partial charge in [0.1, 0.15) is 0 Å². The third kappa shape index (κ3) is 3.46. The Morgan fingerprint density at radius 3 is 2.81 bits per heavy atom. The number of nitrogens with two attached hydrogens (primary N) is 1. The lowest BCUT2D eigenvalue weighted by atomic mass is 10.1. The van der Waals surface area contributed by atoms with E-state index in [0.717, 1.165) is 30.9 Å². The highest BCUT2D eigenvalue weighted by Gasteiger charge is 2.19. The fraction of sp³-hybridized carbons (Fsp3) is 0.533. The molecule has 2 aromatic rings. The van der Waals surface area contributed by atoms with Gasteiger partial charge in [0.2, 0.25) is 0 Å². The quantitative estimate of drug-likeness (QED) is 0.925. The molecular formula is C15H21N5O. The van der Waals surface area contributed by atoms with Gasteiger partial charge in [-0.2, -0.15) is 4.98 Å². The van der Waals surface area contributed by atoms with Crippen LogP contribution in [0.5, 0.6) is 0 Å². The molecule has 6 nitrogen and oxygen atoms in total. The summed E-state index contributed by atoms with van der Waals surface area (Å²) in [5.74, 6) is 1.04. The number of likely N-dealkylation sites (tertiary alicyclic amines) is 1. The van der Waals surface area contributed by atoms with Gasteiger partial charge in [0.05, 0.1) is 11.6 Å². The Morgan fingerprint density at radius 2 is 2.10 bits per heavy atom. The number of aryl methyl sites for hydroxylation is 1. The number of rotatable bonds is 4. The van der Waals surface area contributed by atoms with E-state index in [2.05, 4.69) is 20.0 Å². The minimum absolute atomic E-state index is 0.209. The van der Waals surface area contributed by atoms with Gasteiger partial charge in [-0.05, 0) is 45.0 Å². The van der Waals surface area contributed by atoms with Crippen LogP contribution in [-0.4, -0.2) is 39.7 Å². The molecule has 0 amide bonds. The summed E-state index contributed by atoms with van der Waals surface area (Å²) < 4.78 is 5.30. The Kier molecular flexibility index (Phi) is 4.26. The van der Waals surface area contributed by atoms with E-state index in [1.165, 1.54) is 19.3 Å². The van der Waals surface area contributed by atoms with Crippen LogP contribution in [0.3, 0.4) is 0 Å². The lowest BCUT2D eigenvalue weighted by Gasteiger charge is -2.27. The van der Waals surface area contributed by atoms with Gasteiger partial charge >= 0.3 is 0 Å². The monoisotopic (exact) mass is 287 g/mol. The molecule has 1 unspecified atom stereocenters. The van der Waals surface area contributed by atoms with Crippen molar-refractivity contribution >= 4 is 0 Å². The predicted octanol–water partition coefficient (Wildman–Crippen LogP) is 1.93. The first-order valence-electron chi connectivity index (χ1n) is 7.47. The Bertz CT molecular complexity index is 574. The third-order valence-corrected chi connectivity index (χ3v) is 3.84. The summed E-state index contributed by atoms with van der Waals surface area (Å²) in [6.45, 7) is 4.95. The van der Waals surface area contributed by atoms with E-state index in [9.17, 15) is 0 Å². The fourth-order valence-corrected chi connectivity index (χ4v) is 2.60. The second kappa shape index (κ2) is 6.32. The molecule has 0 aromatic carbocycles. The van der Waals surface area contributed by atoms with E-state index in [4.69, 9.17) is 10.3 Å². The molecule has 0 spiro atoms. The molecular weight excluding hydrogens is 266 g/mol. The molecule has 1 saturated heterocycles. The molecule has 0 aliphatic carbocycles. The highest BCUT2D eigenvalue weighted by Crippen LogP contribution is 2.19. The summed E-state index contributed by atoms with van der Waals surface area (Å²) in [4.78, 5) is 11.0. The summed E-state index contributed by atoms with van der Waals surface area (Å²) in [6.07, 6.45) is 5.56. The van der Waals surface area contributed by atoms with Gasteiger partial charge in [-0.1, -0.05) is 11.6 Å². The normalized spacial score (nSPS) is 17.8. The number of nitrogens with zero attached hydrogens (tertiary/aromatic N) is 4. The van der Waals surface area contributed by atoms with Crippen LogP contribution in [0.2, 0.25) is 0 Å². The standard InChI is InChI=1S/C15H21N5O/c1-11-5-6-12(9-17-11)15-18-14(19-21-15)13(16)10-20-7-3-2-4-8-20/h5-6,9,13H,2-4,7-8,10,16H2,1H3. The van der Waals surface area contributed by atoms with Crippen molar-refractivity contribution in [3.63, 3.8) is 0 Å². The zero-order valence-corrected chi connectivity index (χ0v) is 12.3. The van der Waals surface area contributed by atoms with Crippen molar-refractivity contribution in [1.29, 1.82) is 0 Å². The van der Waals surface area contributed by atoms with Gasteiger partial charge < -0.3 is 15.2 Å². The first kappa shape index (κ1) is 14.2. The maximum atomic E-state index is 6.20. The number of hydrogen-bond acceptors (Lipinski definition) is 6. The second-order valence-corrected chi connectivity index (χ2v) is 5.61. The van der Waals surface area contributed by atoms with Crippen LogP contribution < -0.4 is 5.73 Å². The molecule has 1 aliphatic heterocycles. The topological polar surface area (TPSA) is 81.1 Å². The molecule has 0 radical (unpaired) electrons.